The van der Waals surface area contributed by atoms with E-state index in [1.54, 1.807) is 0 Å². The van der Waals surface area contributed by atoms with Gasteiger partial charge in [0.15, 0.2) is 0 Å². The highest BCUT2D eigenvalue weighted by Crippen LogP contribution is 2.36. The second kappa shape index (κ2) is 6.48. The van der Waals surface area contributed by atoms with E-state index in [1.165, 1.54) is 18.2 Å². The molecule has 1 amide bonds. The van der Waals surface area contributed by atoms with Crippen LogP contribution in [0.25, 0.3) is 0 Å². The van der Waals surface area contributed by atoms with Crippen molar-refractivity contribution < 1.29 is 30.6 Å². The van der Waals surface area contributed by atoms with Crippen molar-refractivity contribution in [1.29, 1.82) is 0 Å². The van der Waals surface area contributed by atoms with Crippen molar-refractivity contribution >= 4 is 33.3 Å². The minimum atomic E-state index is -4.80. The zero-order valence-electron chi connectivity index (χ0n) is 12.9. The van der Waals surface area contributed by atoms with Crippen LogP contribution in [0.5, 0.6) is 5.75 Å². The lowest BCUT2D eigenvalue weighted by Gasteiger charge is -2.17. The molecular weight excluding hydrogens is 395 g/mol. The highest BCUT2D eigenvalue weighted by molar-refractivity contribution is 7.87. The smallest absolute Gasteiger partial charge is 0.379 e. The number of hydrogen-bond acceptors (Lipinski definition) is 4. The molecule has 1 heterocycles. The van der Waals surface area contributed by atoms with Crippen molar-refractivity contribution in [2.24, 2.45) is 0 Å². The molecule has 0 atom stereocenters. The fourth-order valence-electron chi connectivity index (χ4n) is 2.46. The molecule has 26 heavy (non-hydrogen) atoms. The molecule has 0 aromatic heterocycles. The van der Waals surface area contributed by atoms with Gasteiger partial charge in [0, 0.05) is 12.1 Å². The maximum atomic E-state index is 12.9. The van der Waals surface area contributed by atoms with E-state index in [-0.39, 0.29) is 18.1 Å². The number of carbonyl (C=O) groups is 1. The summed E-state index contributed by atoms with van der Waals surface area (Å²) >= 11 is 5.49. The molecule has 2 aromatic rings. The van der Waals surface area contributed by atoms with Crippen LogP contribution >= 0.6 is 11.6 Å². The molecule has 0 bridgehead atoms. The molecule has 1 aliphatic rings. The molecule has 0 radical (unpaired) electrons. The van der Waals surface area contributed by atoms with E-state index in [4.69, 9.17) is 15.8 Å². The van der Waals surface area contributed by atoms with E-state index in [0.29, 0.717) is 23.7 Å². The predicted molar refractivity (Wildman–Crippen MR) is 87.7 cm³/mol. The molecule has 138 valence electrons. The minimum Gasteiger partial charge on any atom is -0.379 e. The van der Waals surface area contributed by atoms with Gasteiger partial charge in [-0.3, -0.25) is 4.79 Å². The lowest BCUT2D eigenvalue weighted by atomic mass is 10.0. The SMILES string of the molecule is O=C1CCc2cc(OS(=O)(=O)c3ccc(Cl)c(C(F)(F)F)c3)ccc2N1. The van der Waals surface area contributed by atoms with Gasteiger partial charge in [-0.25, -0.2) is 0 Å². The predicted octanol–water partition coefficient (Wildman–Crippen LogP) is 4.01. The van der Waals surface area contributed by atoms with E-state index in [2.05, 4.69) is 5.32 Å². The lowest BCUT2D eigenvalue weighted by Crippen LogP contribution is -2.19. The Morgan fingerprint density at radius 3 is 2.50 bits per heavy atom. The van der Waals surface area contributed by atoms with Crippen LogP contribution in [0.4, 0.5) is 18.9 Å². The van der Waals surface area contributed by atoms with Gasteiger partial charge in [0.2, 0.25) is 5.91 Å². The Balaban J connectivity index is 1.92. The van der Waals surface area contributed by atoms with Gasteiger partial charge >= 0.3 is 16.3 Å². The third-order valence-corrected chi connectivity index (χ3v) is 5.28. The van der Waals surface area contributed by atoms with Crippen molar-refractivity contribution in [3.63, 3.8) is 0 Å². The lowest BCUT2D eigenvalue weighted by molar-refractivity contribution is -0.137. The van der Waals surface area contributed by atoms with Crippen LogP contribution in [0.3, 0.4) is 0 Å². The van der Waals surface area contributed by atoms with Crippen molar-refractivity contribution in [1.82, 2.24) is 0 Å². The monoisotopic (exact) mass is 405 g/mol. The van der Waals surface area contributed by atoms with Gasteiger partial charge in [0.1, 0.15) is 10.6 Å². The molecule has 10 heteroatoms. The van der Waals surface area contributed by atoms with Crippen LogP contribution in [-0.2, 0) is 27.5 Å². The van der Waals surface area contributed by atoms with Gasteiger partial charge in [-0.2, -0.15) is 21.6 Å². The fourth-order valence-corrected chi connectivity index (χ4v) is 3.64. The summed E-state index contributed by atoms with van der Waals surface area (Å²) in [5.41, 5.74) is -0.0572. The van der Waals surface area contributed by atoms with E-state index in [1.807, 2.05) is 0 Å². The zero-order chi connectivity index (χ0) is 19.1. The molecule has 1 N–H and O–H groups in total. The van der Waals surface area contributed by atoms with Crippen LogP contribution < -0.4 is 9.50 Å². The number of carbonyl (C=O) groups excluding carboxylic acids is 1. The van der Waals surface area contributed by atoms with Gasteiger partial charge < -0.3 is 9.50 Å². The molecule has 3 rings (SSSR count). The fraction of sp³-hybridized carbons (Fsp3) is 0.188. The average molecular weight is 406 g/mol. The Hall–Kier alpha value is -2.26. The standard InChI is InChI=1S/C16H11ClF3NO4S/c17-13-4-3-11(8-12(13)16(18,19)20)26(23,24)25-10-2-5-14-9(7-10)1-6-15(22)21-14/h2-5,7-8H,1,6H2,(H,21,22). The first-order chi connectivity index (χ1) is 12.1. The number of benzene rings is 2. The minimum absolute atomic E-state index is 0.0663. The van der Waals surface area contributed by atoms with Crippen LogP contribution in [0.1, 0.15) is 17.5 Å². The highest BCUT2D eigenvalue weighted by Gasteiger charge is 2.35. The zero-order valence-corrected chi connectivity index (χ0v) is 14.5. The summed E-state index contributed by atoms with van der Waals surface area (Å²) in [6.07, 6.45) is -4.15. The average Bonchev–Trinajstić information content (AvgIpc) is 2.54. The molecular formula is C16H11ClF3NO4S. The Kier molecular flexibility index (Phi) is 4.61. The van der Waals surface area contributed by atoms with Gasteiger partial charge in [-0.1, -0.05) is 11.6 Å². The highest BCUT2D eigenvalue weighted by atomic mass is 35.5. The largest absolute Gasteiger partial charge is 0.417 e. The summed E-state index contributed by atoms with van der Waals surface area (Å²) in [6, 6.07) is 6.42. The Morgan fingerprint density at radius 2 is 1.81 bits per heavy atom. The number of fused-ring (bicyclic) bond motifs is 1. The maximum absolute atomic E-state index is 12.9. The van der Waals surface area contributed by atoms with Crippen molar-refractivity contribution in [2.75, 3.05) is 5.32 Å². The quantitative estimate of drug-likeness (QED) is 0.783. The summed E-state index contributed by atoms with van der Waals surface area (Å²) < 4.78 is 68.3. The van der Waals surface area contributed by atoms with E-state index < -0.39 is 31.8 Å². The van der Waals surface area contributed by atoms with E-state index in [0.717, 1.165) is 12.1 Å². The second-order valence-electron chi connectivity index (χ2n) is 5.54. The van der Waals surface area contributed by atoms with Crippen molar-refractivity contribution in [3.8, 4) is 5.75 Å². The normalized spacial score (nSPS) is 14.5. The molecule has 0 fully saturated rings. The van der Waals surface area contributed by atoms with Crippen LogP contribution in [-0.4, -0.2) is 14.3 Å². The Morgan fingerprint density at radius 1 is 1.08 bits per heavy atom. The topological polar surface area (TPSA) is 72.5 Å². The maximum Gasteiger partial charge on any atom is 0.417 e. The summed E-state index contributed by atoms with van der Waals surface area (Å²) in [5, 5.41) is 2.02. The Bertz CT molecular complexity index is 989. The first-order valence-electron chi connectivity index (χ1n) is 7.30. The Labute approximate surface area is 151 Å². The van der Waals surface area contributed by atoms with Gasteiger partial charge in [0.05, 0.1) is 10.6 Å². The summed E-state index contributed by atoms with van der Waals surface area (Å²) in [5.74, 6) is -0.219. The molecule has 0 spiro atoms. The number of nitrogens with one attached hydrogen (secondary N) is 1. The summed E-state index contributed by atoms with van der Waals surface area (Å²) in [4.78, 5) is 10.7. The van der Waals surface area contributed by atoms with E-state index >= 15 is 0 Å². The number of anilines is 1. The van der Waals surface area contributed by atoms with Crippen LogP contribution in [0, 0.1) is 0 Å². The molecule has 0 saturated carbocycles. The van der Waals surface area contributed by atoms with Gasteiger partial charge in [-0.05, 0) is 48.4 Å². The van der Waals surface area contributed by atoms with Crippen molar-refractivity contribution in [3.05, 3.63) is 52.5 Å². The van der Waals surface area contributed by atoms with Crippen LogP contribution in [0.15, 0.2) is 41.3 Å². The van der Waals surface area contributed by atoms with Crippen molar-refractivity contribution in [2.45, 2.75) is 23.9 Å². The molecule has 1 aliphatic heterocycles. The first kappa shape index (κ1) is 18.5. The summed E-state index contributed by atoms with van der Waals surface area (Å²) in [6.45, 7) is 0. The molecule has 0 aliphatic carbocycles. The third-order valence-electron chi connectivity index (χ3n) is 3.71. The molecule has 2 aromatic carbocycles. The number of halogens is 4. The van der Waals surface area contributed by atoms with E-state index in [9.17, 15) is 26.4 Å². The number of alkyl halides is 3. The number of rotatable bonds is 3. The number of hydrogen-bond donors (Lipinski definition) is 1. The van der Waals surface area contributed by atoms with Gasteiger partial charge in [0.25, 0.3) is 0 Å². The number of amides is 1. The van der Waals surface area contributed by atoms with Gasteiger partial charge in [-0.15, -0.1) is 0 Å². The first-order valence-corrected chi connectivity index (χ1v) is 9.09. The second-order valence-corrected chi connectivity index (χ2v) is 7.50. The summed E-state index contributed by atoms with van der Waals surface area (Å²) in [7, 11) is -4.50. The third kappa shape index (κ3) is 3.78. The van der Waals surface area contributed by atoms with Crippen LogP contribution in [0.2, 0.25) is 5.02 Å². The molecule has 0 saturated heterocycles. The molecule has 5 nitrogen and oxygen atoms in total. The molecule has 0 unspecified atom stereocenters. The number of aryl methyl sites for hydroxylation is 1.